The molecule has 26 heavy (non-hydrogen) atoms. The lowest BCUT2D eigenvalue weighted by Crippen LogP contribution is -2.50. The van der Waals surface area contributed by atoms with Crippen molar-refractivity contribution in [2.24, 2.45) is 0 Å². The largest absolute Gasteiger partial charge is 0.494 e. The van der Waals surface area contributed by atoms with E-state index in [2.05, 4.69) is 15.2 Å². The maximum Gasteiger partial charge on any atom is 0.322 e. The first-order chi connectivity index (χ1) is 12.6. The van der Waals surface area contributed by atoms with Crippen LogP contribution in [-0.4, -0.2) is 54.1 Å². The Morgan fingerprint density at radius 1 is 1.23 bits per heavy atom. The van der Waals surface area contributed by atoms with Gasteiger partial charge in [0.05, 0.1) is 23.8 Å². The number of nitro groups is 1. The summed E-state index contributed by atoms with van der Waals surface area (Å²) < 4.78 is 5.15. The fourth-order valence-corrected chi connectivity index (χ4v) is 2.77. The van der Waals surface area contributed by atoms with Crippen molar-refractivity contribution < 1.29 is 14.5 Å². The zero-order valence-electron chi connectivity index (χ0n) is 14.3. The van der Waals surface area contributed by atoms with Crippen LogP contribution in [0.15, 0.2) is 42.6 Å². The molecular formula is C17H19N5O4. The van der Waals surface area contributed by atoms with E-state index in [1.54, 1.807) is 11.1 Å². The van der Waals surface area contributed by atoms with Crippen LogP contribution in [0, 0.1) is 10.1 Å². The smallest absolute Gasteiger partial charge is 0.322 e. The Morgan fingerprint density at radius 2 is 2.00 bits per heavy atom. The number of carbonyl (C=O) groups excluding carboxylic acids is 1. The molecule has 9 nitrogen and oxygen atoms in total. The minimum atomic E-state index is -0.509. The molecule has 0 radical (unpaired) electrons. The van der Waals surface area contributed by atoms with Crippen molar-refractivity contribution in [2.45, 2.75) is 0 Å². The number of aromatic nitrogens is 1. The Hall–Kier alpha value is -3.36. The number of urea groups is 1. The first kappa shape index (κ1) is 17.5. The zero-order valence-corrected chi connectivity index (χ0v) is 14.3. The van der Waals surface area contributed by atoms with Crippen LogP contribution in [0.1, 0.15) is 0 Å². The number of rotatable bonds is 4. The van der Waals surface area contributed by atoms with Crippen molar-refractivity contribution in [3.63, 3.8) is 0 Å². The number of ether oxygens (including phenoxy) is 1. The van der Waals surface area contributed by atoms with Crippen molar-refractivity contribution in [3.8, 4) is 5.75 Å². The summed E-state index contributed by atoms with van der Waals surface area (Å²) in [6.07, 6.45) is 1.75. The van der Waals surface area contributed by atoms with Crippen LogP contribution in [0.5, 0.6) is 5.75 Å². The molecule has 3 rings (SSSR count). The number of methoxy groups -OCH3 is 1. The molecule has 1 aliphatic heterocycles. The van der Waals surface area contributed by atoms with E-state index in [0.717, 1.165) is 5.82 Å². The number of hydrogen-bond acceptors (Lipinski definition) is 6. The third-order valence-electron chi connectivity index (χ3n) is 4.18. The number of anilines is 2. The summed E-state index contributed by atoms with van der Waals surface area (Å²) >= 11 is 0. The molecule has 0 spiro atoms. The van der Waals surface area contributed by atoms with Gasteiger partial charge in [-0.2, -0.15) is 0 Å². The van der Waals surface area contributed by atoms with Crippen LogP contribution in [0.3, 0.4) is 0 Å². The summed E-state index contributed by atoms with van der Waals surface area (Å²) in [5.74, 6) is 1.14. The molecule has 2 aromatic rings. The highest BCUT2D eigenvalue weighted by atomic mass is 16.6. The highest BCUT2D eigenvalue weighted by Crippen LogP contribution is 2.29. The van der Waals surface area contributed by atoms with E-state index in [0.29, 0.717) is 31.9 Å². The van der Waals surface area contributed by atoms with Crippen molar-refractivity contribution in [3.05, 3.63) is 52.7 Å². The van der Waals surface area contributed by atoms with Crippen LogP contribution < -0.4 is 15.0 Å². The van der Waals surface area contributed by atoms with Crippen molar-refractivity contribution in [1.29, 1.82) is 0 Å². The number of nitrogens with one attached hydrogen (secondary N) is 1. The molecule has 0 bridgehead atoms. The maximum absolute atomic E-state index is 12.5. The van der Waals surface area contributed by atoms with Gasteiger partial charge >= 0.3 is 6.03 Å². The highest BCUT2D eigenvalue weighted by molar-refractivity contribution is 5.91. The molecule has 1 fully saturated rings. The quantitative estimate of drug-likeness (QED) is 0.666. The number of piperazine rings is 1. The molecule has 1 N–H and O–H groups in total. The molecule has 2 amide bonds. The lowest BCUT2D eigenvalue weighted by molar-refractivity contribution is -0.384. The van der Waals surface area contributed by atoms with E-state index in [1.165, 1.54) is 25.3 Å². The van der Waals surface area contributed by atoms with E-state index < -0.39 is 4.92 Å². The van der Waals surface area contributed by atoms with Gasteiger partial charge in [0.25, 0.3) is 5.69 Å². The van der Waals surface area contributed by atoms with Crippen LogP contribution in [0.25, 0.3) is 0 Å². The van der Waals surface area contributed by atoms with E-state index in [-0.39, 0.29) is 17.5 Å². The van der Waals surface area contributed by atoms with Gasteiger partial charge in [0.1, 0.15) is 11.6 Å². The number of nitro benzene ring substituents is 1. The van der Waals surface area contributed by atoms with Crippen LogP contribution in [0.4, 0.5) is 22.0 Å². The molecule has 0 unspecified atom stereocenters. The Kier molecular flexibility index (Phi) is 5.16. The SMILES string of the molecule is COc1cc([N+](=O)[O-])ccc1NC(=O)N1CCN(c2ccccn2)CC1. The highest BCUT2D eigenvalue weighted by Gasteiger charge is 2.23. The molecule has 1 saturated heterocycles. The molecule has 0 aliphatic carbocycles. The summed E-state index contributed by atoms with van der Waals surface area (Å²) in [6, 6.07) is 9.56. The minimum absolute atomic E-state index is 0.0937. The lowest BCUT2D eigenvalue weighted by Gasteiger charge is -2.35. The summed E-state index contributed by atoms with van der Waals surface area (Å²) in [6.45, 7) is 2.47. The van der Waals surface area contributed by atoms with E-state index in [9.17, 15) is 14.9 Å². The Bertz CT molecular complexity index is 791. The Morgan fingerprint density at radius 3 is 2.62 bits per heavy atom. The van der Waals surface area contributed by atoms with Crippen LogP contribution in [-0.2, 0) is 0 Å². The Labute approximate surface area is 150 Å². The van der Waals surface area contributed by atoms with Gasteiger partial charge in [0.15, 0.2) is 0 Å². The average molecular weight is 357 g/mol. The van der Waals surface area contributed by atoms with Crippen LogP contribution >= 0.6 is 0 Å². The van der Waals surface area contributed by atoms with Gasteiger partial charge in [0, 0.05) is 38.4 Å². The van der Waals surface area contributed by atoms with Gasteiger partial charge in [-0.1, -0.05) is 6.07 Å². The lowest BCUT2D eigenvalue weighted by atomic mass is 10.2. The first-order valence-electron chi connectivity index (χ1n) is 8.13. The number of pyridine rings is 1. The fourth-order valence-electron chi connectivity index (χ4n) is 2.77. The van der Waals surface area contributed by atoms with E-state index >= 15 is 0 Å². The second-order valence-electron chi connectivity index (χ2n) is 5.73. The predicted molar refractivity (Wildman–Crippen MR) is 96.7 cm³/mol. The maximum atomic E-state index is 12.5. The molecule has 0 saturated carbocycles. The summed E-state index contributed by atoms with van der Waals surface area (Å²) in [4.78, 5) is 31.0. The zero-order chi connectivity index (χ0) is 18.5. The number of benzene rings is 1. The standard InChI is InChI=1S/C17H19N5O4/c1-26-15-12-13(22(24)25)5-6-14(15)19-17(23)21-10-8-20(9-11-21)16-4-2-3-7-18-16/h2-7,12H,8-11H2,1H3,(H,19,23). The number of non-ortho nitro benzene ring substituents is 1. The second-order valence-corrected chi connectivity index (χ2v) is 5.73. The predicted octanol–water partition coefficient (Wildman–Crippen LogP) is 2.35. The molecular weight excluding hydrogens is 338 g/mol. The first-order valence-corrected chi connectivity index (χ1v) is 8.13. The topological polar surface area (TPSA) is 101 Å². The van der Waals surface area contributed by atoms with E-state index in [4.69, 9.17) is 4.74 Å². The molecule has 2 heterocycles. The second kappa shape index (κ2) is 7.68. The minimum Gasteiger partial charge on any atom is -0.494 e. The normalized spacial score (nSPS) is 14.0. The number of nitrogens with zero attached hydrogens (tertiary/aromatic N) is 4. The van der Waals surface area contributed by atoms with Gasteiger partial charge in [-0.25, -0.2) is 9.78 Å². The molecule has 1 aromatic heterocycles. The fraction of sp³-hybridized carbons (Fsp3) is 0.294. The summed E-state index contributed by atoms with van der Waals surface area (Å²) in [5.41, 5.74) is 0.305. The third-order valence-corrected chi connectivity index (χ3v) is 4.18. The number of amides is 2. The van der Waals surface area contributed by atoms with Gasteiger partial charge in [-0.3, -0.25) is 10.1 Å². The summed E-state index contributed by atoms with van der Waals surface area (Å²) in [5, 5.41) is 13.6. The molecule has 1 aromatic carbocycles. The van der Waals surface area contributed by atoms with Crippen molar-refractivity contribution in [2.75, 3.05) is 43.5 Å². The van der Waals surface area contributed by atoms with Crippen molar-refractivity contribution >= 4 is 23.2 Å². The molecule has 1 aliphatic rings. The molecule has 9 heteroatoms. The average Bonchev–Trinajstić information content (AvgIpc) is 2.69. The number of hydrogen-bond donors (Lipinski definition) is 1. The monoisotopic (exact) mass is 357 g/mol. The van der Waals surface area contributed by atoms with Gasteiger partial charge in [-0.15, -0.1) is 0 Å². The number of carbonyl (C=O) groups is 1. The van der Waals surface area contributed by atoms with Crippen molar-refractivity contribution in [1.82, 2.24) is 9.88 Å². The van der Waals surface area contributed by atoms with Gasteiger partial charge < -0.3 is 19.9 Å². The van der Waals surface area contributed by atoms with Gasteiger partial charge in [-0.05, 0) is 18.2 Å². The van der Waals surface area contributed by atoms with Crippen LogP contribution in [0.2, 0.25) is 0 Å². The molecule has 0 atom stereocenters. The van der Waals surface area contributed by atoms with E-state index in [1.807, 2.05) is 18.2 Å². The Balaban J connectivity index is 1.62. The summed E-state index contributed by atoms with van der Waals surface area (Å²) in [7, 11) is 1.40. The molecule has 136 valence electrons. The third kappa shape index (κ3) is 3.82. The van der Waals surface area contributed by atoms with Gasteiger partial charge in [0.2, 0.25) is 0 Å².